The number of hydrogen-bond donors (Lipinski definition) is 1. The van der Waals surface area contributed by atoms with Gasteiger partial charge >= 0.3 is 5.69 Å². The van der Waals surface area contributed by atoms with Gasteiger partial charge in [-0.2, -0.15) is 0 Å². The van der Waals surface area contributed by atoms with Gasteiger partial charge in [0.25, 0.3) is 0 Å². The molecule has 0 spiro atoms. The van der Waals surface area contributed by atoms with Gasteiger partial charge in [-0.1, -0.05) is 0 Å². The summed E-state index contributed by atoms with van der Waals surface area (Å²) in [6.45, 7) is 2.66. The minimum Gasteiger partial charge on any atom is -0.491 e. The van der Waals surface area contributed by atoms with E-state index in [2.05, 4.69) is 15.0 Å². The Labute approximate surface area is 161 Å². The zero-order valence-corrected chi connectivity index (χ0v) is 15.2. The van der Waals surface area contributed by atoms with E-state index in [0.717, 1.165) is 4.57 Å². The van der Waals surface area contributed by atoms with Crippen molar-refractivity contribution in [2.24, 2.45) is 0 Å². The number of nitrogens with one attached hydrogen (secondary N) is 1. The van der Waals surface area contributed by atoms with Gasteiger partial charge in [0.05, 0.1) is 23.9 Å². The van der Waals surface area contributed by atoms with Crippen LogP contribution in [0, 0.1) is 11.6 Å². The van der Waals surface area contributed by atoms with Gasteiger partial charge in [0.1, 0.15) is 30.0 Å². The number of pyridine rings is 2. The molecule has 0 saturated heterocycles. The number of aromatic amines is 1. The average Bonchev–Trinajstić information content (AvgIpc) is 3.07. The zero-order valence-electron chi connectivity index (χ0n) is 15.2. The molecule has 0 bridgehead atoms. The molecular weight excluding hydrogens is 386 g/mol. The largest absolute Gasteiger partial charge is 0.491 e. The number of halogens is 2. The summed E-state index contributed by atoms with van der Waals surface area (Å²) in [5.74, 6) is -1.54. The van der Waals surface area contributed by atoms with Gasteiger partial charge in [-0.3, -0.25) is 9.55 Å². The van der Waals surface area contributed by atoms with E-state index in [-0.39, 0.29) is 40.1 Å². The summed E-state index contributed by atoms with van der Waals surface area (Å²) in [7, 11) is 0. The fourth-order valence-electron chi connectivity index (χ4n) is 3.43. The fourth-order valence-corrected chi connectivity index (χ4v) is 3.43. The molecule has 0 atom stereocenters. The lowest BCUT2D eigenvalue weighted by Gasteiger charge is -2.20. The van der Waals surface area contributed by atoms with E-state index in [0.29, 0.717) is 24.7 Å². The number of nitrogens with zero attached hydrogens (tertiary/aromatic N) is 3. The van der Waals surface area contributed by atoms with Gasteiger partial charge in [0.2, 0.25) is 0 Å². The average molecular weight is 400 g/mol. The summed E-state index contributed by atoms with van der Waals surface area (Å²) in [4.78, 5) is 23.2. The van der Waals surface area contributed by atoms with Crippen LogP contribution in [0.4, 0.5) is 8.78 Å². The summed E-state index contributed by atoms with van der Waals surface area (Å²) in [6, 6.07) is 2.86. The standard InChI is InChI=1S/C19H14F2N4O4/c1-2-27-11-3-4-22-18-16(11)25(19(26)24-18)10-7-9-15(14(21)13(10)20)23-8-12-17(9)29-6-5-28-12/h3-4,7-8H,2,5-6H2,1H3,(H,22,24,26). The summed E-state index contributed by atoms with van der Waals surface area (Å²) >= 11 is 0. The molecule has 8 nitrogen and oxygen atoms in total. The Morgan fingerprint density at radius 1 is 1.24 bits per heavy atom. The van der Waals surface area contributed by atoms with Crippen molar-refractivity contribution in [3.05, 3.63) is 46.6 Å². The van der Waals surface area contributed by atoms with Crippen molar-refractivity contribution in [3.63, 3.8) is 0 Å². The minimum absolute atomic E-state index is 0.189. The molecule has 5 rings (SSSR count). The van der Waals surface area contributed by atoms with Crippen LogP contribution in [0.2, 0.25) is 0 Å². The second-order valence-electron chi connectivity index (χ2n) is 6.27. The topological polar surface area (TPSA) is 91.3 Å². The first kappa shape index (κ1) is 17.4. The molecule has 10 heteroatoms. The third-order valence-electron chi connectivity index (χ3n) is 4.61. The number of imidazole rings is 1. The van der Waals surface area contributed by atoms with Crippen LogP contribution in [0.25, 0.3) is 27.8 Å². The maximum absolute atomic E-state index is 15.0. The van der Waals surface area contributed by atoms with E-state index >= 15 is 4.39 Å². The van der Waals surface area contributed by atoms with Gasteiger partial charge in [-0.25, -0.2) is 23.5 Å². The van der Waals surface area contributed by atoms with Gasteiger partial charge in [0, 0.05) is 12.3 Å². The third-order valence-corrected chi connectivity index (χ3v) is 4.61. The van der Waals surface area contributed by atoms with Crippen molar-refractivity contribution in [3.8, 4) is 22.9 Å². The Hall–Kier alpha value is -3.69. The molecule has 4 heterocycles. The predicted octanol–water partition coefficient (Wildman–Crippen LogP) is 2.71. The molecule has 3 aromatic heterocycles. The Morgan fingerprint density at radius 2 is 2.07 bits per heavy atom. The van der Waals surface area contributed by atoms with Crippen LogP contribution in [0.15, 0.2) is 29.3 Å². The smallest absolute Gasteiger partial charge is 0.332 e. The monoisotopic (exact) mass is 400 g/mol. The number of hydrogen-bond acceptors (Lipinski definition) is 6. The molecule has 0 amide bonds. The predicted molar refractivity (Wildman–Crippen MR) is 99.1 cm³/mol. The highest BCUT2D eigenvalue weighted by Crippen LogP contribution is 2.39. The highest BCUT2D eigenvalue weighted by molar-refractivity contribution is 5.91. The quantitative estimate of drug-likeness (QED) is 0.569. The second kappa shape index (κ2) is 6.43. The SMILES string of the molecule is CCOc1ccnc2[nH]c(=O)n(-c3cc4c5c(cnc4c(F)c3F)OCCO5)c12. The van der Waals surface area contributed by atoms with Crippen molar-refractivity contribution in [1.29, 1.82) is 0 Å². The van der Waals surface area contributed by atoms with E-state index in [4.69, 9.17) is 14.2 Å². The molecule has 1 N–H and O–H groups in total. The second-order valence-corrected chi connectivity index (χ2v) is 6.27. The molecule has 148 valence electrons. The molecule has 4 aromatic rings. The van der Waals surface area contributed by atoms with Crippen LogP contribution >= 0.6 is 0 Å². The molecule has 1 aliphatic rings. The van der Waals surface area contributed by atoms with Crippen LogP contribution in [-0.4, -0.2) is 39.3 Å². The van der Waals surface area contributed by atoms with Gasteiger partial charge in [-0.05, 0) is 13.0 Å². The molecule has 0 unspecified atom stereocenters. The molecular formula is C19H14F2N4O4. The fraction of sp³-hybridized carbons (Fsp3) is 0.211. The lowest BCUT2D eigenvalue weighted by molar-refractivity contribution is 0.173. The lowest BCUT2D eigenvalue weighted by Crippen LogP contribution is -2.18. The number of H-pyrrole nitrogens is 1. The van der Waals surface area contributed by atoms with Crippen molar-refractivity contribution >= 4 is 22.1 Å². The highest BCUT2D eigenvalue weighted by Gasteiger charge is 2.25. The van der Waals surface area contributed by atoms with E-state index < -0.39 is 17.3 Å². The molecule has 0 saturated carbocycles. The van der Waals surface area contributed by atoms with Gasteiger partial charge in [-0.15, -0.1) is 0 Å². The van der Waals surface area contributed by atoms with Crippen LogP contribution in [0.3, 0.4) is 0 Å². The van der Waals surface area contributed by atoms with E-state index in [1.165, 1.54) is 18.5 Å². The maximum Gasteiger partial charge on any atom is 0.332 e. The first-order valence-electron chi connectivity index (χ1n) is 8.89. The Morgan fingerprint density at radius 3 is 2.90 bits per heavy atom. The highest BCUT2D eigenvalue weighted by atomic mass is 19.2. The number of benzene rings is 1. The lowest BCUT2D eigenvalue weighted by atomic mass is 10.1. The van der Waals surface area contributed by atoms with Crippen molar-refractivity contribution in [2.75, 3.05) is 19.8 Å². The Balaban J connectivity index is 1.88. The summed E-state index contributed by atoms with van der Waals surface area (Å²) in [5.41, 5.74) is -0.830. The first-order chi connectivity index (χ1) is 14.1. The normalized spacial score (nSPS) is 13.2. The van der Waals surface area contributed by atoms with Crippen LogP contribution in [0.1, 0.15) is 6.92 Å². The Bertz CT molecular complexity index is 1330. The number of rotatable bonds is 3. The van der Waals surface area contributed by atoms with Gasteiger partial charge < -0.3 is 14.2 Å². The third kappa shape index (κ3) is 2.52. The van der Waals surface area contributed by atoms with Crippen molar-refractivity contribution in [2.45, 2.75) is 6.92 Å². The van der Waals surface area contributed by atoms with Crippen molar-refractivity contribution < 1.29 is 23.0 Å². The van der Waals surface area contributed by atoms with Crippen LogP contribution in [0.5, 0.6) is 17.2 Å². The number of fused-ring (bicyclic) bond motifs is 4. The molecule has 0 radical (unpaired) electrons. The molecule has 0 fully saturated rings. The van der Waals surface area contributed by atoms with E-state index in [1.54, 1.807) is 13.0 Å². The summed E-state index contributed by atoms with van der Waals surface area (Å²) in [5, 5.41) is 0.194. The van der Waals surface area contributed by atoms with Crippen LogP contribution < -0.4 is 19.9 Å². The zero-order chi connectivity index (χ0) is 20.1. The van der Waals surface area contributed by atoms with E-state index in [9.17, 15) is 9.18 Å². The molecule has 1 aromatic carbocycles. The number of aromatic nitrogens is 4. The van der Waals surface area contributed by atoms with Crippen LogP contribution in [-0.2, 0) is 0 Å². The number of ether oxygens (including phenoxy) is 3. The van der Waals surface area contributed by atoms with E-state index in [1.807, 2.05) is 0 Å². The minimum atomic E-state index is -1.23. The summed E-state index contributed by atoms with van der Waals surface area (Å²) < 4.78 is 47.5. The van der Waals surface area contributed by atoms with Gasteiger partial charge in [0.15, 0.2) is 28.8 Å². The maximum atomic E-state index is 15.0. The molecule has 1 aliphatic heterocycles. The molecule has 0 aliphatic carbocycles. The first-order valence-corrected chi connectivity index (χ1v) is 8.89. The Kier molecular flexibility index (Phi) is 3.86. The van der Waals surface area contributed by atoms with Crippen molar-refractivity contribution in [1.82, 2.24) is 19.5 Å². The molecule has 29 heavy (non-hydrogen) atoms. The summed E-state index contributed by atoms with van der Waals surface area (Å²) in [6.07, 6.45) is 2.74.